The molecule has 0 amide bonds. The van der Waals surface area contributed by atoms with Gasteiger partial charge in [0.25, 0.3) is 0 Å². The second-order valence-electron chi connectivity index (χ2n) is 4.48. The van der Waals surface area contributed by atoms with Crippen LogP contribution in [0.5, 0.6) is 5.75 Å². The summed E-state index contributed by atoms with van der Waals surface area (Å²) >= 11 is 3.52. The molecule has 0 heterocycles. The molecule has 0 N–H and O–H groups in total. The predicted molar refractivity (Wildman–Crippen MR) is 77.8 cm³/mol. The Morgan fingerprint density at radius 3 is 2.53 bits per heavy atom. The van der Waals surface area contributed by atoms with Gasteiger partial charge in [-0.05, 0) is 25.5 Å². The third-order valence-electron chi connectivity index (χ3n) is 2.97. The summed E-state index contributed by atoms with van der Waals surface area (Å²) in [6, 6.07) is 6.11. The largest absolute Gasteiger partial charge is 0.493 e. The fraction of sp³-hybridized carbons (Fsp3) is 0.600. The molecule has 0 fully saturated rings. The third kappa shape index (κ3) is 5.58. The molecule has 0 saturated heterocycles. The molecular formula is C15H23BrO. The van der Waals surface area contributed by atoms with Gasteiger partial charge < -0.3 is 4.74 Å². The Hall–Kier alpha value is -0.500. The molecule has 1 rings (SSSR count). The average molecular weight is 299 g/mol. The van der Waals surface area contributed by atoms with Crippen LogP contribution < -0.4 is 4.74 Å². The maximum atomic E-state index is 5.79. The maximum Gasteiger partial charge on any atom is 0.123 e. The van der Waals surface area contributed by atoms with Crippen LogP contribution in [0.25, 0.3) is 0 Å². The molecule has 2 heteroatoms. The van der Waals surface area contributed by atoms with Gasteiger partial charge in [0.15, 0.2) is 0 Å². The van der Waals surface area contributed by atoms with Crippen molar-refractivity contribution >= 4 is 15.9 Å². The van der Waals surface area contributed by atoms with Crippen molar-refractivity contribution in [2.45, 2.75) is 52.4 Å². The summed E-state index contributed by atoms with van der Waals surface area (Å²) in [5.41, 5.74) is 1.19. The SMILES string of the molecule is CCCCCCCCOc1cccc(Br)c1C. The average Bonchev–Trinajstić information content (AvgIpc) is 2.33. The molecule has 0 atom stereocenters. The third-order valence-corrected chi connectivity index (χ3v) is 3.83. The lowest BCUT2D eigenvalue weighted by atomic mass is 10.1. The molecular weight excluding hydrogens is 276 g/mol. The highest BCUT2D eigenvalue weighted by molar-refractivity contribution is 9.10. The van der Waals surface area contributed by atoms with Crippen molar-refractivity contribution in [1.82, 2.24) is 0 Å². The molecule has 0 aliphatic rings. The summed E-state index contributed by atoms with van der Waals surface area (Å²) in [5.74, 6) is 1.01. The zero-order valence-electron chi connectivity index (χ0n) is 11.0. The number of hydrogen-bond donors (Lipinski definition) is 0. The Balaban J connectivity index is 2.16. The number of ether oxygens (including phenoxy) is 1. The van der Waals surface area contributed by atoms with Crippen molar-refractivity contribution in [3.05, 3.63) is 28.2 Å². The maximum absolute atomic E-state index is 5.79. The highest BCUT2D eigenvalue weighted by atomic mass is 79.9. The molecule has 1 aromatic carbocycles. The van der Waals surface area contributed by atoms with Gasteiger partial charge in [0.05, 0.1) is 6.61 Å². The van der Waals surface area contributed by atoms with Gasteiger partial charge in [-0.25, -0.2) is 0 Å². The molecule has 0 bridgehead atoms. The van der Waals surface area contributed by atoms with E-state index < -0.39 is 0 Å². The smallest absolute Gasteiger partial charge is 0.123 e. The predicted octanol–water partition coefficient (Wildman–Crippen LogP) is 5.50. The molecule has 0 saturated carbocycles. The van der Waals surface area contributed by atoms with Crippen LogP contribution >= 0.6 is 15.9 Å². The van der Waals surface area contributed by atoms with E-state index in [4.69, 9.17) is 4.74 Å². The van der Waals surface area contributed by atoms with Crippen molar-refractivity contribution in [2.75, 3.05) is 6.61 Å². The van der Waals surface area contributed by atoms with Crippen molar-refractivity contribution < 1.29 is 4.74 Å². The molecule has 96 valence electrons. The van der Waals surface area contributed by atoms with E-state index in [2.05, 4.69) is 29.8 Å². The van der Waals surface area contributed by atoms with E-state index in [0.29, 0.717) is 0 Å². The second kappa shape index (κ2) is 8.57. The standard InChI is InChI=1S/C15H23BrO/c1-3-4-5-6-7-8-12-17-15-11-9-10-14(16)13(15)2/h9-11H,3-8,12H2,1-2H3. The number of halogens is 1. The topological polar surface area (TPSA) is 9.23 Å². The van der Waals surface area contributed by atoms with Crippen LogP contribution in [0.4, 0.5) is 0 Å². The molecule has 0 aliphatic heterocycles. The van der Waals surface area contributed by atoms with E-state index in [-0.39, 0.29) is 0 Å². The Morgan fingerprint density at radius 2 is 1.76 bits per heavy atom. The Bertz CT molecular complexity index is 323. The zero-order valence-corrected chi connectivity index (χ0v) is 12.6. The number of hydrogen-bond acceptors (Lipinski definition) is 1. The summed E-state index contributed by atoms with van der Waals surface area (Å²) in [7, 11) is 0. The van der Waals surface area contributed by atoms with Gasteiger partial charge in [0.1, 0.15) is 5.75 Å². The molecule has 0 radical (unpaired) electrons. The Kier molecular flexibility index (Phi) is 7.34. The van der Waals surface area contributed by atoms with Gasteiger partial charge in [-0.1, -0.05) is 61.0 Å². The molecule has 0 unspecified atom stereocenters. The Labute approximate surface area is 114 Å². The molecule has 0 spiro atoms. The van der Waals surface area contributed by atoms with Crippen LogP contribution in [-0.2, 0) is 0 Å². The van der Waals surface area contributed by atoms with Crippen LogP contribution in [0, 0.1) is 6.92 Å². The minimum Gasteiger partial charge on any atom is -0.493 e. The second-order valence-corrected chi connectivity index (χ2v) is 5.33. The highest BCUT2D eigenvalue weighted by Crippen LogP contribution is 2.25. The fourth-order valence-corrected chi connectivity index (χ4v) is 2.16. The van der Waals surface area contributed by atoms with Gasteiger partial charge in [0.2, 0.25) is 0 Å². The Morgan fingerprint density at radius 1 is 1.06 bits per heavy atom. The van der Waals surface area contributed by atoms with E-state index in [1.54, 1.807) is 0 Å². The lowest BCUT2D eigenvalue weighted by Crippen LogP contribution is -1.99. The zero-order chi connectivity index (χ0) is 12.5. The van der Waals surface area contributed by atoms with E-state index in [0.717, 1.165) is 23.2 Å². The monoisotopic (exact) mass is 298 g/mol. The van der Waals surface area contributed by atoms with Gasteiger partial charge in [0, 0.05) is 10.0 Å². The minimum atomic E-state index is 0.837. The molecule has 1 nitrogen and oxygen atoms in total. The van der Waals surface area contributed by atoms with Gasteiger partial charge in [-0.15, -0.1) is 0 Å². The van der Waals surface area contributed by atoms with Gasteiger partial charge in [-0.3, -0.25) is 0 Å². The van der Waals surface area contributed by atoms with Crippen molar-refractivity contribution in [3.8, 4) is 5.75 Å². The van der Waals surface area contributed by atoms with Crippen LogP contribution in [-0.4, -0.2) is 6.61 Å². The lowest BCUT2D eigenvalue weighted by molar-refractivity contribution is 0.302. The minimum absolute atomic E-state index is 0.837. The quantitative estimate of drug-likeness (QED) is 0.576. The summed E-state index contributed by atoms with van der Waals surface area (Å²) in [6.45, 7) is 5.17. The molecule has 0 aliphatic carbocycles. The van der Waals surface area contributed by atoms with Crippen LogP contribution in [0.2, 0.25) is 0 Å². The first kappa shape index (κ1) is 14.6. The van der Waals surface area contributed by atoms with E-state index in [9.17, 15) is 0 Å². The molecule has 1 aromatic rings. The highest BCUT2D eigenvalue weighted by Gasteiger charge is 2.01. The van der Waals surface area contributed by atoms with Crippen molar-refractivity contribution in [1.29, 1.82) is 0 Å². The molecule has 0 aromatic heterocycles. The van der Waals surface area contributed by atoms with E-state index in [1.807, 2.05) is 18.2 Å². The summed E-state index contributed by atoms with van der Waals surface area (Å²) in [6.07, 6.45) is 7.84. The van der Waals surface area contributed by atoms with Crippen LogP contribution in [0.15, 0.2) is 22.7 Å². The first-order valence-electron chi connectivity index (χ1n) is 6.63. The first-order valence-corrected chi connectivity index (χ1v) is 7.43. The van der Waals surface area contributed by atoms with E-state index in [1.165, 1.54) is 37.7 Å². The van der Waals surface area contributed by atoms with Crippen LogP contribution in [0.3, 0.4) is 0 Å². The summed E-state index contributed by atoms with van der Waals surface area (Å²) < 4.78 is 6.92. The number of benzene rings is 1. The van der Waals surface area contributed by atoms with Gasteiger partial charge >= 0.3 is 0 Å². The summed E-state index contributed by atoms with van der Waals surface area (Å²) in [4.78, 5) is 0. The van der Waals surface area contributed by atoms with Crippen molar-refractivity contribution in [2.24, 2.45) is 0 Å². The lowest BCUT2D eigenvalue weighted by Gasteiger charge is -2.09. The van der Waals surface area contributed by atoms with Gasteiger partial charge in [-0.2, -0.15) is 0 Å². The van der Waals surface area contributed by atoms with Crippen molar-refractivity contribution in [3.63, 3.8) is 0 Å². The normalized spacial score (nSPS) is 10.5. The van der Waals surface area contributed by atoms with Crippen LogP contribution in [0.1, 0.15) is 51.0 Å². The first-order chi connectivity index (χ1) is 8.25. The number of rotatable bonds is 8. The number of unbranched alkanes of at least 4 members (excludes halogenated alkanes) is 5. The summed E-state index contributed by atoms with van der Waals surface area (Å²) in [5, 5.41) is 0. The van der Waals surface area contributed by atoms with E-state index >= 15 is 0 Å². The molecule has 17 heavy (non-hydrogen) atoms. The fourth-order valence-electron chi connectivity index (χ4n) is 1.81.